The molecule has 29 heavy (non-hydrogen) atoms. The Morgan fingerprint density at radius 1 is 0.966 bits per heavy atom. The zero-order valence-corrected chi connectivity index (χ0v) is 15.6. The Bertz CT molecular complexity index is 1190. The van der Waals surface area contributed by atoms with Crippen molar-refractivity contribution >= 4 is 34.2 Å². The van der Waals surface area contributed by atoms with Gasteiger partial charge in [0.05, 0.1) is 11.4 Å². The highest BCUT2D eigenvalue weighted by Crippen LogP contribution is 2.36. The van der Waals surface area contributed by atoms with Gasteiger partial charge in [-0.3, -0.25) is 9.59 Å². The lowest BCUT2D eigenvalue weighted by atomic mass is 9.84. The molecule has 146 valence electrons. The molecule has 1 spiro atoms. The van der Waals surface area contributed by atoms with Crippen LogP contribution in [0.15, 0.2) is 63.8 Å². The maximum atomic E-state index is 13.0. The van der Waals surface area contributed by atoms with Crippen LogP contribution in [-0.4, -0.2) is 35.3 Å². The van der Waals surface area contributed by atoms with Gasteiger partial charge in [0.15, 0.2) is 0 Å². The molecule has 0 unspecified atom stereocenters. The number of anilines is 2. The molecule has 3 heterocycles. The Kier molecular flexibility index (Phi) is 3.91. The number of nitrogens with zero attached hydrogens (tertiary/aromatic N) is 1. The van der Waals surface area contributed by atoms with Gasteiger partial charge in [-0.15, -0.1) is 0 Å². The van der Waals surface area contributed by atoms with Crippen LogP contribution in [0.1, 0.15) is 23.2 Å². The fourth-order valence-electron chi connectivity index (χ4n) is 4.08. The van der Waals surface area contributed by atoms with Crippen molar-refractivity contribution in [3.05, 3.63) is 70.6 Å². The van der Waals surface area contributed by atoms with Gasteiger partial charge in [0.25, 0.3) is 5.91 Å². The van der Waals surface area contributed by atoms with E-state index >= 15 is 0 Å². The van der Waals surface area contributed by atoms with E-state index in [1.807, 2.05) is 30.3 Å². The van der Waals surface area contributed by atoms with E-state index in [-0.39, 0.29) is 17.4 Å². The molecule has 0 atom stereocenters. The number of carbonyl (C=O) groups excluding carboxylic acids is 2. The zero-order valence-electron chi connectivity index (χ0n) is 15.6. The Morgan fingerprint density at radius 3 is 2.45 bits per heavy atom. The summed E-state index contributed by atoms with van der Waals surface area (Å²) in [5, 5.41) is 7.02. The number of hydrogen-bond donors (Lipinski definition) is 2. The van der Waals surface area contributed by atoms with Crippen molar-refractivity contribution in [2.75, 3.05) is 23.7 Å². The maximum absolute atomic E-state index is 13.0. The van der Waals surface area contributed by atoms with Crippen LogP contribution in [0.25, 0.3) is 11.0 Å². The molecule has 2 aliphatic rings. The molecule has 0 bridgehead atoms. The van der Waals surface area contributed by atoms with Gasteiger partial charge >= 0.3 is 5.63 Å². The molecule has 0 aliphatic carbocycles. The highest BCUT2D eigenvalue weighted by atomic mass is 16.4. The van der Waals surface area contributed by atoms with Crippen molar-refractivity contribution in [1.82, 2.24) is 4.90 Å². The lowest BCUT2D eigenvalue weighted by molar-refractivity contribution is -0.122. The van der Waals surface area contributed by atoms with Crippen LogP contribution >= 0.6 is 0 Å². The first-order valence-electron chi connectivity index (χ1n) is 9.57. The number of likely N-dealkylation sites (tertiary alicyclic amines) is 1. The number of nitrogens with one attached hydrogen (secondary N) is 2. The Morgan fingerprint density at radius 2 is 1.66 bits per heavy atom. The molecule has 1 aromatic heterocycles. The topological polar surface area (TPSA) is 91.7 Å². The van der Waals surface area contributed by atoms with Crippen molar-refractivity contribution in [1.29, 1.82) is 0 Å². The van der Waals surface area contributed by atoms with E-state index in [0.29, 0.717) is 36.9 Å². The lowest BCUT2D eigenvalue weighted by Gasteiger charge is -2.44. The number of fused-ring (bicyclic) bond motifs is 2. The third-order valence-electron chi connectivity index (χ3n) is 5.76. The van der Waals surface area contributed by atoms with E-state index in [1.54, 1.807) is 29.2 Å². The first kappa shape index (κ1) is 17.5. The lowest BCUT2D eigenvalue weighted by Crippen LogP contribution is -2.59. The number of carbonyl (C=O) groups is 2. The maximum Gasteiger partial charge on any atom is 0.349 e. The van der Waals surface area contributed by atoms with E-state index in [0.717, 1.165) is 11.4 Å². The average Bonchev–Trinajstić information content (AvgIpc) is 2.74. The average molecular weight is 389 g/mol. The minimum Gasteiger partial charge on any atom is -0.422 e. The number of hydrogen-bond acceptors (Lipinski definition) is 5. The second-order valence-electron chi connectivity index (χ2n) is 7.48. The molecule has 2 aliphatic heterocycles. The summed E-state index contributed by atoms with van der Waals surface area (Å²) in [4.78, 5) is 39.6. The van der Waals surface area contributed by atoms with E-state index in [9.17, 15) is 14.4 Å². The highest BCUT2D eigenvalue weighted by Gasteiger charge is 2.45. The van der Waals surface area contributed by atoms with Gasteiger partial charge in [-0.25, -0.2) is 4.79 Å². The Balaban J connectivity index is 1.37. The number of piperidine rings is 1. The molecular formula is C22H19N3O4. The molecule has 2 N–H and O–H groups in total. The minimum atomic E-state index is -0.751. The number of rotatable bonds is 1. The van der Waals surface area contributed by atoms with E-state index < -0.39 is 11.2 Å². The van der Waals surface area contributed by atoms with Crippen LogP contribution in [0.5, 0.6) is 0 Å². The van der Waals surface area contributed by atoms with E-state index in [1.165, 1.54) is 0 Å². The van der Waals surface area contributed by atoms with Crippen LogP contribution in [0.3, 0.4) is 0 Å². The van der Waals surface area contributed by atoms with Gasteiger partial charge in [-0.05, 0) is 37.1 Å². The van der Waals surface area contributed by atoms with Crippen LogP contribution < -0.4 is 16.3 Å². The predicted molar refractivity (Wildman–Crippen MR) is 109 cm³/mol. The molecule has 2 amide bonds. The summed E-state index contributed by atoms with van der Waals surface area (Å²) >= 11 is 0. The second-order valence-corrected chi connectivity index (χ2v) is 7.48. The number of para-hydroxylation sites is 3. The Labute approximate surface area is 166 Å². The fourth-order valence-corrected chi connectivity index (χ4v) is 4.08. The fraction of sp³-hybridized carbons (Fsp3) is 0.227. The SMILES string of the molecule is O=C(c1cc2ccccc2oc1=O)N1CCC2(CC1)Nc1ccccc1NC2=O. The zero-order chi connectivity index (χ0) is 20.0. The van der Waals surface area contributed by atoms with Gasteiger partial charge in [-0.1, -0.05) is 30.3 Å². The van der Waals surface area contributed by atoms with Crippen molar-refractivity contribution in [3.8, 4) is 0 Å². The first-order valence-corrected chi connectivity index (χ1v) is 9.57. The molecule has 0 radical (unpaired) electrons. The summed E-state index contributed by atoms with van der Waals surface area (Å²) in [6.45, 7) is 0.737. The number of benzene rings is 2. The normalized spacial score (nSPS) is 17.5. The van der Waals surface area contributed by atoms with Crippen LogP contribution in [0.2, 0.25) is 0 Å². The van der Waals surface area contributed by atoms with Crippen molar-refractivity contribution in [3.63, 3.8) is 0 Å². The molecule has 1 fully saturated rings. The summed E-state index contributed by atoms with van der Waals surface area (Å²) < 4.78 is 5.29. The second kappa shape index (κ2) is 6.48. The summed E-state index contributed by atoms with van der Waals surface area (Å²) in [6.07, 6.45) is 0.912. The van der Waals surface area contributed by atoms with Gasteiger partial charge in [0.2, 0.25) is 5.91 Å². The van der Waals surface area contributed by atoms with E-state index in [4.69, 9.17) is 4.42 Å². The summed E-state index contributed by atoms with van der Waals surface area (Å²) in [5.41, 5.74) is 0.715. The summed E-state index contributed by atoms with van der Waals surface area (Å²) in [6, 6.07) is 16.2. The van der Waals surface area contributed by atoms with E-state index in [2.05, 4.69) is 10.6 Å². The summed E-state index contributed by atoms with van der Waals surface area (Å²) in [5.74, 6) is -0.454. The van der Waals surface area contributed by atoms with Gasteiger partial charge in [0.1, 0.15) is 16.7 Å². The monoisotopic (exact) mass is 389 g/mol. The van der Waals surface area contributed by atoms with Gasteiger partial charge in [-0.2, -0.15) is 0 Å². The van der Waals surface area contributed by atoms with Gasteiger partial charge < -0.3 is 20.0 Å². The molecular weight excluding hydrogens is 370 g/mol. The highest BCUT2D eigenvalue weighted by molar-refractivity contribution is 6.06. The molecule has 7 heteroatoms. The van der Waals surface area contributed by atoms with Crippen molar-refractivity contribution in [2.24, 2.45) is 0 Å². The molecule has 3 aromatic rings. The summed E-state index contributed by atoms with van der Waals surface area (Å²) in [7, 11) is 0. The number of amides is 2. The molecule has 7 nitrogen and oxygen atoms in total. The first-order chi connectivity index (χ1) is 14.1. The quantitative estimate of drug-likeness (QED) is 0.625. The largest absolute Gasteiger partial charge is 0.422 e. The van der Waals surface area contributed by atoms with Crippen LogP contribution in [0, 0.1) is 0 Å². The third kappa shape index (κ3) is 2.86. The third-order valence-corrected chi connectivity index (χ3v) is 5.76. The standard InChI is InChI=1S/C22H19N3O4/c26-19(15-13-14-5-1-4-8-18(14)29-20(15)27)25-11-9-22(10-12-25)21(28)23-16-6-2-3-7-17(16)24-22/h1-8,13,24H,9-12H2,(H,23,28). The van der Waals surface area contributed by atoms with Crippen molar-refractivity contribution < 1.29 is 14.0 Å². The Hall–Kier alpha value is -3.61. The van der Waals surface area contributed by atoms with Crippen molar-refractivity contribution in [2.45, 2.75) is 18.4 Å². The molecule has 0 saturated carbocycles. The van der Waals surface area contributed by atoms with Gasteiger partial charge in [0, 0.05) is 18.5 Å². The molecule has 2 aromatic carbocycles. The van der Waals surface area contributed by atoms with Crippen LogP contribution in [-0.2, 0) is 4.79 Å². The predicted octanol–water partition coefficient (Wildman–Crippen LogP) is 2.83. The molecule has 1 saturated heterocycles. The smallest absolute Gasteiger partial charge is 0.349 e. The molecule has 5 rings (SSSR count). The minimum absolute atomic E-state index is 0.0195. The van der Waals surface area contributed by atoms with Crippen LogP contribution in [0.4, 0.5) is 11.4 Å².